The second-order valence-electron chi connectivity index (χ2n) is 6.00. The fourth-order valence-corrected chi connectivity index (χ4v) is 3.79. The minimum Gasteiger partial charge on any atom is -0.356 e. The first-order valence-electron chi connectivity index (χ1n) is 8.35. The van der Waals surface area contributed by atoms with Gasteiger partial charge in [-0.2, -0.15) is 0 Å². The first-order valence-corrected chi connectivity index (χ1v) is 9.54. The maximum atomic E-state index is 12.3. The maximum Gasteiger partial charge on any atom is 0.224 e. The lowest BCUT2D eigenvalue weighted by atomic mass is 9.96. The Morgan fingerprint density at radius 2 is 2.12 bits per heavy atom. The highest BCUT2D eigenvalue weighted by atomic mass is 35.5. The van der Waals surface area contributed by atoms with Gasteiger partial charge in [0.1, 0.15) is 0 Å². The van der Waals surface area contributed by atoms with E-state index in [2.05, 4.69) is 5.32 Å². The number of hydrogen-bond acceptors (Lipinski definition) is 4. The van der Waals surface area contributed by atoms with E-state index in [0.29, 0.717) is 28.8 Å². The van der Waals surface area contributed by atoms with Crippen molar-refractivity contribution in [1.29, 1.82) is 0 Å². The van der Waals surface area contributed by atoms with Crippen molar-refractivity contribution in [3.8, 4) is 0 Å². The van der Waals surface area contributed by atoms with Crippen molar-refractivity contribution in [3.05, 3.63) is 21.3 Å². The summed E-state index contributed by atoms with van der Waals surface area (Å²) in [5.74, 6) is -0.229. The van der Waals surface area contributed by atoms with Gasteiger partial charge in [-0.1, -0.05) is 18.5 Å². The summed E-state index contributed by atoms with van der Waals surface area (Å²) >= 11 is 7.06. The molecule has 0 aliphatic carbocycles. The van der Waals surface area contributed by atoms with E-state index in [1.165, 1.54) is 11.3 Å². The number of rotatable bonds is 7. The summed E-state index contributed by atoms with van der Waals surface area (Å²) in [5, 5.41) is 2.89. The molecular weight excluding hydrogens is 348 g/mol. The number of nitrogens with one attached hydrogen (secondary N) is 1. The number of ketones is 1. The molecule has 1 atom stereocenters. The minimum atomic E-state index is -0.138. The van der Waals surface area contributed by atoms with Crippen LogP contribution in [-0.4, -0.2) is 42.1 Å². The van der Waals surface area contributed by atoms with Crippen LogP contribution in [0.25, 0.3) is 0 Å². The summed E-state index contributed by atoms with van der Waals surface area (Å²) in [4.78, 5) is 38.8. The van der Waals surface area contributed by atoms with Crippen LogP contribution in [0.15, 0.2) is 12.1 Å². The first-order chi connectivity index (χ1) is 11.5. The molecule has 0 radical (unpaired) electrons. The predicted molar refractivity (Wildman–Crippen MR) is 95.5 cm³/mol. The third-order valence-corrected chi connectivity index (χ3v) is 5.38. The summed E-state index contributed by atoms with van der Waals surface area (Å²) in [5.41, 5.74) is 0. The standard InChI is InChI=1S/C17H23ClN2O3S/c1-2-9-19-17(23)12-4-3-10-20(11-12)16(22)8-5-13(21)14-6-7-15(18)24-14/h6-7,12H,2-5,8-11H2,1H3,(H,19,23). The van der Waals surface area contributed by atoms with Crippen molar-refractivity contribution in [3.63, 3.8) is 0 Å². The quantitative estimate of drug-likeness (QED) is 0.750. The second kappa shape index (κ2) is 9.18. The Labute approximate surface area is 151 Å². The molecule has 0 aromatic carbocycles. The summed E-state index contributed by atoms with van der Waals surface area (Å²) < 4.78 is 0.571. The topological polar surface area (TPSA) is 66.5 Å². The molecule has 1 N–H and O–H groups in total. The van der Waals surface area contributed by atoms with Gasteiger partial charge < -0.3 is 10.2 Å². The van der Waals surface area contributed by atoms with Crippen molar-refractivity contribution in [2.45, 2.75) is 39.0 Å². The molecule has 1 fully saturated rings. The number of thiophene rings is 1. The Balaban J connectivity index is 1.81. The number of carbonyl (C=O) groups is 3. The number of hydrogen-bond donors (Lipinski definition) is 1. The van der Waals surface area contributed by atoms with Crippen LogP contribution in [-0.2, 0) is 9.59 Å². The van der Waals surface area contributed by atoms with E-state index in [1.54, 1.807) is 17.0 Å². The van der Waals surface area contributed by atoms with Gasteiger partial charge in [0, 0.05) is 32.5 Å². The largest absolute Gasteiger partial charge is 0.356 e. The molecule has 2 rings (SSSR count). The van der Waals surface area contributed by atoms with Gasteiger partial charge in [-0.05, 0) is 31.4 Å². The molecule has 1 aliphatic rings. The van der Waals surface area contributed by atoms with Crippen molar-refractivity contribution in [2.24, 2.45) is 5.92 Å². The molecule has 1 aromatic rings. The molecule has 7 heteroatoms. The van der Waals surface area contributed by atoms with Gasteiger partial charge in [0.05, 0.1) is 15.1 Å². The van der Waals surface area contributed by atoms with Crippen LogP contribution in [0.1, 0.15) is 48.7 Å². The van der Waals surface area contributed by atoms with E-state index >= 15 is 0 Å². The number of likely N-dealkylation sites (tertiary alicyclic amines) is 1. The summed E-state index contributed by atoms with van der Waals surface area (Å²) in [6, 6.07) is 3.38. The lowest BCUT2D eigenvalue weighted by Gasteiger charge is -2.32. The molecule has 132 valence electrons. The minimum absolute atomic E-state index is 0.0265. The van der Waals surface area contributed by atoms with Crippen LogP contribution in [0.5, 0.6) is 0 Å². The van der Waals surface area contributed by atoms with E-state index < -0.39 is 0 Å². The highest BCUT2D eigenvalue weighted by molar-refractivity contribution is 7.18. The average Bonchev–Trinajstić information content (AvgIpc) is 3.03. The van der Waals surface area contributed by atoms with Gasteiger partial charge in [0.15, 0.2) is 5.78 Å². The Kier molecular flexibility index (Phi) is 7.24. The molecular formula is C17H23ClN2O3S. The van der Waals surface area contributed by atoms with Crippen LogP contribution in [0.4, 0.5) is 0 Å². The molecule has 0 spiro atoms. The molecule has 24 heavy (non-hydrogen) atoms. The van der Waals surface area contributed by atoms with Gasteiger partial charge >= 0.3 is 0 Å². The Morgan fingerprint density at radius 3 is 2.79 bits per heavy atom. The third-order valence-electron chi connectivity index (χ3n) is 4.11. The number of Topliss-reactive ketones (excluding diaryl/α,β-unsaturated/α-hetero) is 1. The zero-order chi connectivity index (χ0) is 17.5. The zero-order valence-corrected chi connectivity index (χ0v) is 15.4. The van der Waals surface area contributed by atoms with Crippen molar-refractivity contribution >= 4 is 40.5 Å². The molecule has 0 bridgehead atoms. The average molecular weight is 371 g/mol. The van der Waals surface area contributed by atoms with Crippen LogP contribution in [0, 0.1) is 5.92 Å². The van der Waals surface area contributed by atoms with Gasteiger partial charge in [-0.25, -0.2) is 0 Å². The highest BCUT2D eigenvalue weighted by Gasteiger charge is 2.28. The van der Waals surface area contributed by atoms with Crippen LogP contribution < -0.4 is 5.32 Å². The Hall–Kier alpha value is -1.40. The van der Waals surface area contributed by atoms with Gasteiger partial charge in [-0.15, -0.1) is 11.3 Å². The van der Waals surface area contributed by atoms with E-state index in [-0.39, 0.29) is 36.4 Å². The van der Waals surface area contributed by atoms with Gasteiger partial charge in [0.2, 0.25) is 11.8 Å². The maximum absolute atomic E-state index is 12.3. The lowest BCUT2D eigenvalue weighted by molar-refractivity contribution is -0.135. The fraction of sp³-hybridized carbons (Fsp3) is 0.588. The predicted octanol–water partition coefficient (Wildman–Crippen LogP) is 3.13. The molecule has 5 nitrogen and oxygen atoms in total. The number of amides is 2. The smallest absolute Gasteiger partial charge is 0.224 e. The van der Waals surface area contributed by atoms with Crippen LogP contribution in [0.2, 0.25) is 4.34 Å². The van der Waals surface area contributed by atoms with Crippen LogP contribution >= 0.6 is 22.9 Å². The highest BCUT2D eigenvalue weighted by Crippen LogP contribution is 2.23. The van der Waals surface area contributed by atoms with E-state index in [9.17, 15) is 14.4 Å². The lowest BCUT2D eigenvalue weighted by Crippen LogP contribution is -2.45. The third kappa shape index (κ3) is 5.31. The normalized spacial score (nSPS) is 17.6. The zero-order valence-electron chi connectivity index (χ0n) is 13.8. The van der Waals surface area contributed by atoms with Crippen LogP contribution in [0.3, 0.4) is 0 Å². The summed E-state index contributed by atoms with van der Waals surface area (Å²) in [6.07, 6.45) is 2.89. The monoisotopic (exact) mass is 370 g/mol. The van der Waals surface area contributed by atoms with Crippen molar-refractivity contribution < 1.29 is 14.4 Å². The first kappa shape index (κ1) is 18.9. The van der Waals surface area contributed by atoms with E-state index in [0.717, 1.165) is 19.3 Å². The molecule has 2 amide bonds. The second-order valence-corrected chi connectivity index (χ2v) is 7.71. The van der Waals surface area contributed by atoms with Gasteiger partial charge in [-0.3, -0.25) is 14.4 Å². The number of nitrogens with zero attached hydrogens (tertiary/aromatic N) is 1. The fourth-order valence-electron chi connectivity index (χ4n) is 2.78. The SMILES string of the molecule is CCCNC(=O)C1CCCN(C(=O)CCC(=O)c2ccc(Cl)s2)C1. The summed E-state index contributed by atoms with van der Waals surface area (Å²) in [7, 11) is 0. The molecule has 1 aromatic heterocycles. The molecule has 2 heterocycles. The number of piperidine rings is 1. The number of carbonyl (C=O) groups excluding carboxylic acids is 3. The van der Waals surface area contributed by atoms with E-state index in [1.807, 2.05) is 6.92 Å². The number of halogens is 1. The Morgan fingerprint density at radius 1 is 1.33 bits per heavy atom. The van der Waals surface area contributed by atoms with E-state index in [4.69, 9.17) is 11.6 Å². The Bertz CT molecular complexity index is 602. The molecule has 1 aliphatic heterocycles. The van der Waals surface area contributed by atoms with Gasteiger partial charge in [0.25, 0.3) is 0 Å². The van der Waals surface area contributed by atoms with Crippen molar-refractivity contribution in [1.82, 2.24) is 10.2 Å². The molecule has 1 unspecified atom stereocenters. The molecule has 1 saturated heterocycles. The van der Waals surface area contributed by atoms with Crippen molar-refractivity contribution in [2.75, 3.05) is 19.6 Å². The molecule has 0 saturated carbocycles. The summed E-state index contributed by atoms with van der Waals surface area (Å²) in [6.45, 7) is 3.79.